The molecular weight excluding hydrogens is 450 g/mol. The number of sulfonamides is 1. The molecule has 0 unspecified atom stereocenters. The second kappa shape index (κ2) is 5.86. The van der Waals surface area contributed by atoms with Crippen LogP contribution in [0.1, 0.15) is 15.9 Å². The third-order valence-corrected chi connectivity index (χ3v) is 6.70. The summed E-state index contributed by atoms with van der Waals surface area (Å²) < 4.78 is 33.1. The summed E-state index contributed by atoms with van der Waals surface area (Å²) in [6.45, 7) is 0.328. The van der Waals surface area contributed by atoms with Crippen molar-refractivity contribution in [1.82, 2.24) is 10.3 Å². The van der Waals surface area contributed by atoms with E-state index in [1.54, 1.807) is 12.1 Å². The van der Waals surface area contributed by atoms with E-state index in [1.807, 2.05) is 0 Å². The molecule has 26 heavy (non-hydrogen) atoms. The van der Waals surface area contributed by atoms with Crippen LogP contribution in [-0.2, 0) is 16.6 Å². The zero-order valence-electron chi connectivity index (χ0n) is 12.7. The van der Waals surface area contributed by atoms with E-state index >= 15 is 0 Å². The van der Waals surface area contributed by atoms with E-state index in [9.17, 15) is 18.0 Å². The Labute approximate surface area is 159 Å². The Morgan fingerprint density at radius 1 is 1.23 bits per heavy atom. The second-order valence-corrected chi connectivity index (χ2v) is 8.40. The molecule has 11 heteroatoms. The number of fused-ring (bicyclic) bond motifs is 2. The molecule has 0 aliphatic carbocycles. The number of oxazole rings is 1. The van der Waals surface area contributed by atoms with E-state index in [1.165, 1.54) is 12.1 Å². The Kier molecular flexibility index (Phi) is 3.86. The molecule has 1 aliphatic heterocycles. The number of carbonyl (C=O) groups is 1. The molecule has 3 N–H and O–H groups in total. The highest BCUT2D eigenvalue weighted by molar-refractivity contribution is 9.10. The van der Waals surface area contributed by atoms with Gasteiger partial charge in [0.2, 0.25) is 0 Å². The van der Waals surface area contributed by atoms with Gasteiger partial charge in [-0.3, -0.25) is 14.5 Å². The van der Waals surface area contributed by atoms with Gasteiger partial charge in [0, 0.05) is 22.3 Å². The zero-order valence-corrected chi connectivity index (χ0v) is 15.9. The minimum Gasteiger partial charge on any atom is -0.406 e. The molecule has 1 aliphatic rings. The van der Waals surface area contributed by atoms with E-state index in [0.29, 0.717) is 17.7 Å². The summed E-state index contributed by atoms with van der Waals surface area (Å²) in [6.07, 6.45) is 0. The first-order valence-corrected chi connectivity index (χ1v) is 9.86. The molecule has 0 radical (unpaired) electrons. The van der Waals surface area contributed by atoms with Gasteiger partial charge < -0.3 is 9.73 Å². The highest BCUT2D eigenvalue weighted by Gasteiger charge is 2.27. The van der Waals surface area contributed by atoms with Crippen molar-refractivity contribution >= 4 is 60.2 Å². The maximum Gasteiger partial charge on any atom is 0.417 e. The first-order chi connectivity index (χ1) is 12.3. The van der Waals surface area contributed by atoms with E-state index < -0.39 is 15.8 Å². The lowest BCUT2D eigenvalue weighted by Crippen LogP contribution is -2.14. The molecule has 0 fully saturated rings. The monoisotopic (exact) mass is 457 g/mol. The van der Waals surface area contributed by atoms with E-state index in [-0.39, 0.29) is 37.1 Å². The molecule has 1 aromatic heterocycles. The molecular formula is C15H9BrClN3O5S. The van der Waals surface area contributed by atoms with Gasteiger partial charge in [-0.25, -0.2) is 13.2 Å². The SMILES string of the molecule is O=C1NCc2cc(NS(=O)(=O)c3c(Br)cc4[nH]c(=O)oc4c3Cl)ccc21. The zero-order chi connectivity index (χ0) is 18.6. The summed E-state index contributed by atoms with van der Waals surface area (Å²) in [5, 5.41) is 2.43. The van der Waals surface area contributed by atoms with Crippen LogP contribution in [0, 0.1) is 0 Å². The summed E-state index contributed by atoms with van der Waals surface area (Å²) in [4.78, 5) is 25.1. The topological polar surface area (TPSA) is 121 Å². The Morgan fingerprint density at radius 3 is 2.77 bits per heavy atom. The van der Waals surface area contributed by atoms with Crippen LogP contribution in [0.4, 0.5) is 5.69 Å². The van der Waals surface area contributed by atoms with Gasteiger partial charge in [0.15, 0.2) is 5.58 Å². The van der Waals surface area contributed by atoms with Gasteiger partial charge in [0.05, 0.1) is 5.52 Å². The van der Waals surface area contributed by atoms with Gasteiger partial charge in [-0.2, -0.15) is 0 Å². The molecule has 0 bridgehead atoms. The molecule has 0 saturated heterocycles. The maximum absolute atomic E-state index is 12.8. The lowest BCUT2D eigenvalue weighted by atomic mass is 10.1. The number of carbonyl (C=O) groups excluding carboxylic acids is 1. The van der Waals surface area contributed by atoms with Gasteiger partial charge in [-0.1, -0.05) is 11.6 Å². The normalized spacial score (nSPS) is 13.7. The third kappa shape index (κ3) is 2.70. The van der Waals surface area contributed by atoms with Crippen molar-refractivity contribution in [3.63, 3.8) is 0 Å². The minimum absolute atomic E-state index is 0.0519. The number of hydrogen-bond acceptors (Lipinski definition) is 5. The fourth-order valence-corrected chi connectivity index (χ4v) is 5.66. The summed E-state index contributed by atoms with van der Waals surface area (Å²) >= 11 is 9.33. The van der Waals surface area contributed by atoms with Crippen LogP contribution in [0.2, 0.25) is 5.02 Å². The Balaban J connectivity index is 1.79. The number of rotatable bonds is 3. The largest absolute Gasteiger partial charge is 0.417 e. The summed E-state index contributed by atoms with van der Waals surface area (Å²) in [5.74, 6) is -0.944. The number of benzene rings is 2. The van der Waals surface area contributed by atoms with Gasteiger partial charge in [-0.15, -0.1) is 0 Å². The molecule has 2 aromatic carbocycles. The number of H-pyrrole nitrogens is 1. The molecule has 1 amide bonds. The van der Waals surface area contributed by atoms with Gasteiger partial charge in [-0.05, 0) is 45.8 Å². The lowest BCUT2D eigenvalue weighted by Gasteiger charge is -2.12. The fourth-order valence-electron chi connectivity index (χ4n) is 2.75. The standard InChI is InChI=1S/C15H9BrClN3O5S/c16-9-4-10-12(25-15(22)19-10)11(17)13(9)26(23,24)20-7-1-2-8-6(3-7)5-18-14(8)21/h1-4,20H,5H2,(H,18,21)(H,19,22). The second-order valence-electron chi connectivity index (χ2n) is 5.55. The van der Waals surface area contributed by atoms with Gasteiger partial charge in [0.1, 0.15) is 9.92 Å². The number of nitrogens with one attached hydrogen (secondary N) is 3. The first-order valence-electron chi connectivity index (χ1n) is 7.21. The molecule has 3 aromatic rings. The fraction of sp³-hybridized carbons (Fsp3) is 0.0667. The smallest absolute Gasteiger partial charge is 0.406 e. The number of amides is 1. The summed E-state index contributed by atoms with van der Waals surface area (Å²) in [5.41, 5.74) is 1.69. The van der Waals surface area contributed by atoms with Crippen molar-refractivity contribution in [3.05, 3.63) is 55.4 Å². The Hall–Kier alpha value is -2.30. The van der Waals surface area contributed by atoms with Crippen molar-refractivity contribution in [2.24, 2.45) is 0 Å². The van der Waals surface area contributed by atoms with E-state index in [4.69, 9.17) is 16.0 Å². The van der Waals surface area contributed by atoms with Crippen molar-refractivity contribution in [2.75, 3.05) is 4.72 Å². The van der Waals surface area contributed by atoms with Crippen molar-refractivity contribution < 1.29 is 17.6 Å². The average molecular weight is 459 g/mol. The predicted octanol–water partition coefficient (Wildman–Crippen LogP) is 2.58. The van der Waals surface area contributed by atoms with Crippen LogP contribution in [-0.4, -0.2) is 19.3 Å². The Bertz CT molecular complexity index is 1250. The summed E-state index contributed by atoms with van der Waals surface area (Å²) in [7, 11) is -4.10. The van der Waals surface area contributed by atoms with Crippen LogP contribution in [0.5, 0.6) is 0 Å². The van der Waals surface area contributed by atoms with Crippen LogP contribution < -0.4 is 15.8 Å². The average Bonchev–Trinajstić information content (AvgIpc) is 3.09. The number of halogens is 2. The van der Waals surface area contributed by atoms with Crippen LogP contribution in [0.25, 0.3) is 11.1 Å². The quantitative estimate of drug-likeness (QED) is 0.557. The minimum atomic E-state index is -4.10. The number of aromatic amines is 1. The van der Waals surface area contributed by atoms with E-state index in [0.717, 1.165) is 0 Å². The highest BCUT2D eigenvalue weighted by atomic mass is 79.9. The molecule has 0 spiro atoms. The lowest BCUT2D eigenvalue weighted by molar-refractivity contribution is 0.0965. The summed E-state index contributed by atoms with van der Waals surface area (Å²) in [6, 6.07) is 5.99. The molecule has 4 rings (SSSR count). The molecule has 0 saturated carbocycles. The van der Waals surface area contributed by atoms with Gasteiger partial charge >= 0.3 is 5.76 Å². The van der Waals surface area contributed by atoms with Gasteiger partial charge in [0.25, 0.3) is 15.9 Å². The van der Waals surface area contributed by atoms with Crippen molar-refractivity contribution in [1.29, 1.82) is 0 Å². The Morgan fingerprint density at radius 2 is 2.00 bits per heavy atom. The van der Waals surface area contributed by atoms with Crippen molar-refractivity contribution in [2.45, 2.75) is 11.4 Å². The van der Waals surface area contributed by atoms with E-state index in [2.05, 4.69) is 31.0 Å². The molecule has 134 valence electrons. The number of hydrogen-bond donors (Lipinski definition) is 3. The molecule has 0 atom stereocenters. The number of aromatic nitrogens is 1. The van der Waals surface area contributed by atoms with Crippen LogP contribution in [0.15, 0.2) is 42.8 Å². The van der Waals surface area contributed by atoms with Crippen molar-refractivity contribution in [3.8, 4) is 0 Å². The number of anilines is 1. The highest BCUT2D eigenvalue weighted by Crippen LogP contribution is 2.36. The van der Waals surface area contributed by atoms with Crippen LogP contribution in [0.3, 0.4) is 0 Å². The first kappa shape index (κ1) is 17.1. The van der Waals surface area contributed by atoms with Crippen LogP contribution >= 0.6 is 27.5 Å². The maximum atomic E-state index is 12.8. The molecule has 2 heterocycles. The molecule has 8 nitrogen and oxygen atoms in total. The predicted molar refractivity (Wildman–Crippen MR) is 98.0 cm³/mol. The third-order valence-electron chi connectivity index (χ3n) is 3.87.